The van der Waals surface area contributed by atoms with Gasteiger partial charge in [0.1, 0.15) is 0 Å². The minimum atomic E-state index is -0.182. The number of hydrogen-bond donors (Lipinski definition) is 2. The molecule has 27 heavy (non-hydrogen) atoms. The van der Waals surface area contributed by atoms with Crippen LogP contribution < -0.4 is 5.32 Å². The summed E-state index contributed by atoms with van der Waals surface area (Å²) < 4.78 is 5.10. The van der Waals surface area contributed by atoms with Crippen molar-refractivity contribution in [3.63, 3.8) is 0 Å². The summed E-state index contributed by atoms with van der Waals surface area (Å²) in [5.41, 5.74) is 5.07. The lowest BCUT2D eigenvalue weighted by Gasteiger charge is -2.16. The molecule has 0 unspecified atom stereocenters. The maximum atomic E-state index is 12.7. The van der Waals surface area contributed by atoms with E-state index in [4.69, 9.17) is 4.42 Å². The van der Waals surface area contributed by atoms with E-state index < -0.39 is 0 Å². The van der Waals surface area contributed by atoms with Crippen molar-refractivity contribution in [1.82, 2.24) is 4.90 Å². The van der Waals surface area contributed by atoms with Crippen LogP contribution in [0.5, 0.6) is 0 Å². The quantitative estimate of drug-likeness (QED) is 0.666. The van der Waals surface area contributed by atoms with Crippen molar-refractivity contribution in [3.05, 3.63) is 88.9 Å². The van der Waals surface area contributed by atoms with Gasteiger partial charge < -0.3 is 14.8 Å². The van der Waals surface area contributed by atoms with E-state index in [0.717, 1.165) is 29.8 Å². The van der Waals surface area contributed by atoms with E-state index in [0.29, 0.717) is 16.8 Å². The molecule has 140 valence electrons. The summed E-state index contributed by atoms with van der Waals surface area (Å²) in [6, 6.07) is 15.1. The summed E-state index contributed by atoms with van der Waals surface area (Å²) in [5.74, 6) is -0.182. The molecule has 3 aromatic rings. The normalized spacial score (nSPS) is 11.0. The molecule has 0 spiro atoms. The van der Waals surface area contributed by atoms with Gasteiger partial charge in [-0.1, -0.05) is 30.3 Å². The van der Waals surface area contributed by atoms with Gasteiger partial charge in [-0.05, 0) is 43.3 Å². The number of furan rings is 1. The van der Waals surface area contributed by atoms with Gasteiger partial charge >= 0.3 is 0 Å². The number of aliphatic hydroxyl groups is 1. The number of carbonyl (C=O) groups excluding carboxylic acids is 1. The maximum Gasteiger partial charge on any atom is 0.255 e. The van der Waals surface area contributed by atoms with Crippen LogP contribution in [0.15, 0.2) is 65.5 Å². The Labute approximate surface area is 159 Å². The second-order valence-electron chi connectivity index (χ2n) is 6.73. The molecule has 1 heterocycles. The van der Waals surface area contributed by atoms with E-state index in [9.17, 15) is 9.90 Å². The molecule has 0 saturated carbocycles. The Morgan fingerprint density at radius 2 is 1.89 bits per heavy atom. The fourth-order valence-electron chi connectivity index (χ4n) is 3.10. The van der Waals surface area contributed by atoms with Crippen molar-refractivity contribution in [2.75, 3.05) is 12.4 Å². The van der Waals surface area contributed by atoms with Crippen molar-refractivity contribution >= 4 is 11.6 Å². The van der Waals surface area contributed by atoms with Gasteiger partial charge in [0, 0.05) is 35.5 Å². The minimum absolute atomic E-state index is 0.115. The summed E-state index contributed by atoms with van der Waals surface area (Å²) in [5, 5.41) is 12.4. The molecule has 1 amide bonds. The third kappa shape index (κ3) is 4.84. The first-order valence-corrected chi connectivity index (χ1v) is 8.86. The number of hydrogen-bond acceptors (Lipinski definition) is 4. The van der Waals surface area contributed by atoms with Crippen LogP contribution in [0.4, 0.5) is 5.69 Å². The van der Waals surface area contributed by atoms with Gasteiger partial charge in [-0.25, -0.2) is 0 Å². The van der Waals surface area contributed by atoms with Crippen LogP contribution in [-0.4, -0.2) is 23.0 Å². The van der Waals surface area contributed by atoms with E-state index in [1.54, 1.807) is 18.6 Å². The van der Waals surface area contributed by atoms with Crippen molar-refractivity contribution in [1.29, 1.82) is 0 Å². The van der Waals surface area contributed by atoms with Gasteiger partial charge in [0.25, 0.3) is 5.91 Å². The summed E-state index contributed by atoms with van der Waals surface area (Å²) >= 11 is 0. The number of aryl methyl sites for hydroxylation is 1. The zero-order valence-corrected chi connectivity index (χ0v) is 15.6. The van der Waals surface area contributed by atoms with Gasteiger partial charge in [-0.2, -0.15) is 0 Å². The molecule has 0 aliphatic carbocycles. The Hall–Kier alpha value is -2.89. The maximum absolute atomic E-state index is 12.7. The van der Waals surface area contributed by atoms with Crippen molar-refractivity contribution in [3.8, 4) is 0 Å². The Morgan fingerprint density at radius 1 is 1.11 bits per heavy atom. The second-order valence-corrected chi connectivity index (χ2v) is 6.73. The Morgan fingerprint density at radius 3 is 2.63 bits per heavy atom. The molecular formula is C22H24N2O3. The summed E-state index contributed by atoms with van der Waals surface area (Å²) in [6.07, 6.45) is 3.40. The van der Waals surface area contributed by atoms with Crippen LogP contribution in [-0.2, 0) is 19.7 Å². The van der Waals surface area contributed by atoms with Crippen molar-refractivity contribution in [2.45, 2.75) is 26.6 Å². The van der Waals surface area contributed by atoms with Gasteiger partial charge in [0.05, 0.1) is 19.1 Å². The highest BCUT2D eigenvalue weighted by Crippen LogP contribution is 2.21. The molecular weight excluding hydrogens is 340 g/mol. The first-order chi connectivity index (χ1) is 13.1. The van der Waals surface area contributed by atoms with Crippen LogP contribution in [0.1, 0.15) is 32.6 Å². The second kappa shape index (κ2) is 8.66. The summed E-state index contributed by atoms with van der Waals surface area (Å²) in [4.78, 5) is 14.9. The lowest BCUT2D eigenvalue weighted by Crippen LogP contribution is -2.18. The average molecular weight is 364 g/mol. The molecule has 0 atom stereocenters. The third-order valence-electron chi connectivity index (χ3n) is 4.44. The number of para-hydroxylation sites is 1. The number of carbonyl (C=O) groups is 1. The largest absolute Gasteiger partial charge is 0.472 e. The molecule has 2 N–H and O–H groups in total. The molecule has 5 heteroatoms. The van der Waals surface area contributed by atoms with Crippen molar-refractivity contribution in [2.24, 2.45) is 0 Å². The Bertz CT molecular complexity index is 904. The van der Waals surface area contributed by atoms with Crippen LogP contribution in [0.25, 0.3) is 0 Å². The number of rotatable bonds is 7. The van der Waals surface area contributed by atoms with Gasteiger partial charge in [-0.3, -0.25) is 9.69 Å². The minimum Gasteiger partial charge on any atom is -0.472 e. The highest BCUT2D eigenvalue weighted by atomic mass is 16.3. The number of anilines is 1. The average Bonchev–Trinajstić information content (AvgIpc) is 3.16. The number of benzene rings is 2. The van der Waals surface area contributed by atoms with Gasteiger partial charge in [0.2, 0.25) is 0 Å². The molecule has 1 aromatic heterocycles. The molecule has 0 saturated heterocycles. The zero-order chi connectivity index (χ0) is 19.2. The standard InChI is InChI=1S/C22H24N2O3/c1-16-5-3-8-20(14-25)21(16)23-22(26)19-7-4-6-17(11-19)12-24(2)13-18-9-10-27-15-18/h3-11,15,25H,12-14H2,1-2H3,(H,23,26). The first-order valence-electron chi connectivity index (χ1n) is 8.86. The van der Waals surface area contributed by atoms with Crippen molar-refractivity contribution < 1.29 is 14.3 Å². The number of amides is 1. The lowest BCUT2D eigenvalue weighted by atomic mass is 10.1. The SMILES string of the molecule is Cc1cccc(CO)c1NC(=O)c1cccc(CN(C)Cc2ccoc2)c1. The number of nitrogens with one attached hydrogen (secondary N) is 1. The highest BCUT2D eigenvalue weighted by Gasteiger charge is 2.12. The molecule has 2 aromatic carbocycles. The molecule has 0 bridgehead atoms. The predicted octanol–water partition coefficient (Wildman–Crippen LogP) is 3.96. The van der Waals surface area contributed by atoms with Gasteiger partial charge in [-0.15, -0.1) is 0 Å². The smallest absolute Gasteiger partial charge is 0.255 e. The number of nitrogens with zero attached hydrogens (tertiary/aromatic N) is 1. The molecule has 0 aliphatic rings. The van der Waals surface area contributed by atoms with E-state index >= 15 is 0 Å². The van der Waals surface area contributed by atoms with E-state index in [-0.39, 0.29) is 12.5 Å². The first kappa shape index (κ1) is 18.9. The molecule has 0 aliphatic heterocycles. The summed E-state index contributed by atoms with van der Waals surface area (Å²) in [7, 11) is 2.03. The lowest BCUT2D eigenvalue weighted by molar-refractivity contribution is 0.102. The molecule has 0 radical (unpaired) electrons. The monoisotopic (exact) mass is 364 g/mol. The predicted molar refractivity (Wildman–Crippen MR) is 105 cm³/mol. The van der Waals surface area contributed by atoms with E-state index in [1.165, 1.54) is 0 Å². The molecule has 0 fully saturated rings. The highest BCUT2D eigenvalue weighted by molar-refractivity contribution is 6.05. The van der Waals surface area contributed by atoms with Crippen LogP contribution in [0.2, 0.25) is 0 Å². The van der Waals surface area contributed by atoms with E-state index in [2.05, 4.69) is 10.2 Å². The molecule has 5 nitrogen and oxygen atoms in total. The van der Waals surface area contributed by atoms with Crippen LogP contribution in [0.3, 0.4) is 0 Å². The zero-order valence-electron chi connectivity index (χ0n) is 15.6. The summed E-state index contributed by atoms with van der Waals surface area (Å²) in [6.45, 7) is 3.29. The number of aliphatic hydroxyl groups excluding tert-OH is 1. The molecule has 3 rings (SSSR count). The van der Waals surface area contributed by atoms with Crippen LogP contribution in [0, 0.1) is 6.92 Å². The van der Waals surface area contributed by atoms with Crippen LogP contribution >= 0.6 is 0 Å². The fraction of sp³-hybridized carbons (Fsp3) is 0.227. The van der Waals surface area contributed by atoms with E-state index in [1.807, 2.05) is 56.4 Å². The third-order valence-corrected chi connectivity index (χ3v) is 4.44. The topological polar surface area (TPSA) is 65.7 Å². The van der Waals surface area contributed by atoms with Gasteiger partial charge in [0.15, 0.2) is 0 Å². The fourth-order valence-corrected chi connectivity index (χ4v) is 3.10. The Kier molecular flexibility index (Phi) is 6.06. The Balaban J connectivity index is 1.70.